The number of fused-ring (bicyclic) bond motifs is 1. The molecule has 2 heterocycles. The summed E-state index contributed by atoms with van der Waals surface area (Å²) in [6, 6.07) is 15.1. The second-order valence-electron chi connectivity index (χ2n) is 7.16. The third kappa shape index (κ3) is 3.74. The molecule has 2 aromatic carbocycles. The topological polar surface area (TPSA) is 54.8 Å². The van der Waals surface area contributed by atoms with Crippen molar-refractivity contribution in [3.8, 4) is 5.75 Å². The van der Waals surface area contributed by atoms with E-state index in [2.05, 4.69) is 11.0 Å². The fourth-order valence-corrected chi connectivity index (χ4v) is 4.99. The molecule has 1 aliphatic rings. The molecule has 1 atom stereocenters. The number of aromatic nitrogens is 1. The van der Waals surface area contributed by atoms with Crippen LogP contribution in [0.4, 0.5) is 5.69 Å². The van der Waals surface area contributed by atoms with Crippen molar-refractivity contribution in [1.82, 2.24) is 8.86 Å². The first-order chi connectivity index (χ1) is 14.1. The van der Waals surface area contributed by atoms with Crippen molar-refractivity contribution in [2.45, 2.75) is 19.4 Å². The van der Waals surface area contributed by atoms with Crippen LogP contribution in [0.3, 0.4) is 0 Å². The molecule has 1 amide bonds. The van der Waals surface area contributed by atoms with Crippen LogP contribution in [0, 0.1) is 0 Å². The van der Waals surface area contributed by atoms with Crippen LogP contribution in [-0.4, -0.2) is 48.1 Å². The molecule has 0 bridgehead atoms. The zero-order valence-corrected chi connectivity index (χ0v) is 17.5. The third-order valence-electron chi connectivity index (χ3n) is 5.48. The smallest absolute Gasteiger partial charge is 0.269 e. The van der Waals surface area contributed by atoms with Crippen molar-refractivity contribution in [3.05, 3.63) is 58.9 Å². The van der Waals surface area contributed by atoms with Gasteiger partial charge in [0, 0.05) is 37.9 Å². The number of hydrogen-bond acceptors (Lipinski definition) is 5. The summed E-state index contributed by atoms with van der Waals surface area (Å²) in [4.78, 5) is 30.2. The fourth-order valence-electron chi connectivity index (χ4n) is 3.84. The van der Waals surface area contributed by atoms with E-state index in [0.717, 1.165) is 29.2 Å². The van der Waals surface area contributed by atoms with Crippen LogP contribution < -0.4 is 15.2 Å². The summed E-state index contributed by atoms with van der Waals surface area (Å²) >= 11 is 1.38. The maximum absolute atomic E-state index is 13.2. The van der Waals surface area contributed by atoms with Gasteiger partial charge >= 0.3 is 0 Å². The van der Waals surface area contributed by atoms with Crippen LogP contribution in [0.2, 0.25) is 0 Å². The van der Waals surface area contributed by atoms with Gasteiger partial charge in [0.25, 0.3) is 5.56 Å². The Morgan fingerprint density at radius 2 is 1.86 bits per heavy atom. The third-order valence-corrected chi connectivity index (χ3v) is 6.65. The number of carbonyl (C=O) groups is 1. The molecule has 29 heavy (non-hydrogen) atoms. The Labute approximate surface area is 174 Å². The molecule has 152 valence electrons. The molecular formula is C22H25N3O3S. The van der Waals surface area contributed by atoms with Gasteiger partial charge in [-0.05, 0) is 30.7 Å². The molecule has 6 nitrogen and oxygen atoms in total. The van der Waals surface area contributed by atoms with Gasteiger partial charge in [-0.2, -0.15) is 0 Å². The largest absolute Gasteiger partial charge is 0.497 e. The lowest BCUT2D eigenvalue weighted by atomic mass is 10.1. The van der Waals surface area contributed by atoms with E-state index in [1.54, 1.807) is 11.1 Å². The number of rotatable bonds is 5. The summed E-state index contributed by atoms with van der Waals surface area (Å²) in [6.45, 7) is 4.78. The van der Waals surface area contributed by atoms with Gasteiger partial charge in [-0.1, -0.05) is 36.7 Å². The molecule has 1 unspecified atom stereocenters. The number of ether oxygens (including phenoxy) is 1. The van der Waals surface area contributed by atoms with E-state index in [0.29, 0.717) is 24.9 Å². The van der Waals surface area contributed by atoms with Crippen LogP contribution in [-0.2, 0) is 4.79 Å². The quantitative estimate of drug-likeness (QED) is 0.646. The van der Waals surface area contributed by atoms with Crippen LogP contribution in [0.1, 0.15) is 19.4 Å². The predicted molar refractivity (Wildman–Crippen MR) is 117 cm³/mol. The van der Waals surface area contributed by atoms with Gasteiger partial charge in [-0.3, -0.25) is 13.5 Å². The maximum atomic E-state index is 13.2. The molecule has 0 radical (unpaired) electrons. The lowest BCUT2D eigenvalue weighted by Gasteiger charge is -2.37. The molecule has 3 aromatic rings. The van der Waals surface area contributed by atoms with Crippen molar-refractivity contribution in [2.24, 2.45) is 0 Å². The van der Waals surface area contributed by atoms with E-state index in [9.17, 15) is 9.59 Å². The van der Waals surface area contributed by atoms with Gasteiger partial charge in [0.05, 0.1) is 17.2 Å². The van der Waals surface area contributed by atoms with Crippen LogP contribution in [0.5, 0.6) is 5.75 Å². The molecule has 7 heteroatoms. The first-order valence-electron chi connectivity index (χ1n) is 9.90. The minimum absolute atomic E-state index is 0.0337. The SMILES string of the molecule is CCC(C(=O)N1CCN(c2cccc(OC)c2)CC1)n1sc2ccccc2c1=O. The minimum Gasteiger partial charge on any atom is -0.497 e. The van der Waals surface area contributed by atoms with Gasteiger partial charge in [0.15, 0.2) is 0 Å². The molecule has 0 saturated carbocycles. The Kier molecular flexibility index (Phi) is 5.58. The van der Waals surface area contributed by atoms with E-state index < -0.39 is 6.04 Å². The molecule has 0 aliphatic carbocycles. The standard InChI is InChI=1S/C22H25N3O3S/c1-3-19(25-21(26)18-9-4-5-10-20(18)29-25)22(27)24-13-11-23(12-14-24)16-7-6-8-17(15-16)28-2/h4-10,15,19H,3,11-14H2,1-2H3. The molecule has 4 rings (SSSR count). The Balaban J connectivity index is 1.49. The average molecular weight is 412 g/mol. The fraction of sp³-hybridized carbons (Fsp3) is 0.364. The first kappa shape index (κ1) is 19.5. The van der Waals surface area contributed by atoms with Crippen molar-refractivity contribution >= 4 is 33.2 Å². The average Bonchev–Trinajstić information content (AvgIpc) is 3.11. The van der Waals surface area contributed by atoms with Crippen molar-refractivity contribution < 1.29 is 9.53 Å². The summed E-state index contributed by atoms with van der Waals surface area (Å²) in [5.41, 5.74) is 1.03. The lowest BCUT2D eigenvalue weighted by Crippen LogP contribution is -2.51. The second kappa shape index (κ2) is 8.29. The molecule has 1 aromatic heterocycles. The minimum atomic E-state index is -0.441. The highest BCUT2D eigenvalue weighted by Crippen LogP contribution is 2.25. The molecule has 1 fully saturated rings. The van der Waals surface area contributed by atoms with Gasteiger partial charge in [-0.15, -0.1) is 0 Å². The van der Waals surface area contributed by atoms with Gasteiger partial charge in [-0.25, -0.2) is 0 Å². The van der Waals surface area contributed by atoms with Crippen LogP contribution in [0.25, 0.3) is 10.1 Å². The highest BCUT2D eigenvalue weighted by molar-refractivity contribution is 7.14. The Bertz CT molecular complexity index is 1070. The zero-order valence-electron chi connectivity index (χ0n) is 16.7. The van der Waals surface area contributed by atoms with E-state index in [-0.39, 0.29) is 11.5 Å². The van der Waals surface area contributed by atoms with Gasteiger partial charge in [0.2, 0.25) is 5.91 Å². The van der Waals surface area contributed by atoms with Crippen molar-refractivity contribution in [2.75, 3.05) is 38.2 Å². The lowest BCUT2D eigenvalue weighted by molar-refractivity contribution is -0.135. The Hall–Kier alpha value is -2.80. The number of piperazine rings is 1. The number of benzene rings is 2. The van der Waals surface area contributed by atoms with E-state index in [1.807, 2.05) is 54.3 Å². The predicted octanol–water partition coefficient (Wildman–Crippen LogP) is 3.37. The second-order valence-corrected chi connectivity index (χ2v) is 8.17. The molecule has 1 aliphatic heterocycles. The summed E-state index contributed by atoms with van der Waals surface area (Å²) < 4.78 is 7.89. The number of carbonyl (C=O) groups excluding carboxylic acids is 1. The summed E-state index contributed by atoms with van der Waals surface area (Å²) in [6.07, 6.45) is 0.599. The summed E-state index contributed by atoms with van der Waals surface area (Å²) in [5.74, 6) is 0.864. The Morgan fingerprint density at radius 1 is 1.10 bits per heavy atom. The van der Waals surface area contributed by atoms with Crippen LogP contribution >= 0.6 is 11.5 Å². The van der Waals surface area contributed by atoms with Gasteiger partial charge in [0.1, 0.15) is 11.8 Å². The number of amides is 1. The first-order valence-corrected chi connectivity index (χ1v) is 10.7. The van der Waals surface area contributed by atoms with E-state index >= 15 is 0 Å². The highest BCUT2D eigenvalue weighted by atomic mass is 32.1. The molecule has 0 spiro atoms. The van der Waals surface area contributed by atoms with Crippen molar-refractivity contribution in [3.63, 3.8) is 0 Å². The normalized spacial score (nSPS) is 15.5. The molecular weight excluding hydrogens is 386 g/mol. The number of hydrogen-bond donors (Lipinski definition) is 0. The highest BCUT2D eigenvalue weighted by Gasteiger charge is 2.29. The van der Waals surface area contributed by atoms with Gasteiger partial charge < -0.3 is 14.5 Å². The van der Waals surface area contributed by atoms with E-state index in [1.165, 1.54) is 11.5 Å². The number of anilines is 1. The summed E-state index contributed by atoms with van der Waals surface area (Å²) in [5, 5.41) is 0.687. The maximum Gasteiger partial charge on any atom is 0.269 e. The zero-order chi connectivity index (χ0) is 20.4. The number of methoxy groups -OCH3 is 1. The molecule has 1 saturated heterocycles. The number of nitrogens with zero attached hydrogens (tertiary/aromatic N) is 3. The monoisotopic (exact) mass is 411 g/mol. The Morgan fingerprint density at radius 3 is 2.55 bits per heavy atom. The molecule has 0 N–H and O–H groups in total. The van der Waals surface area contributed by atoms with Crippen molar-refractivity contribution in [1.29, 1.82) is 0 Å². The summed E-state index contributed by atoms with van der Waals surface area (Å²) in [7, 11) is 1.66. The van der Waals surface area contributed by atoms with Crippen LogP contribution in [0.15, 0.2) is 53.3 Å². The van der Waals surface area contributed by atoms with E-state index in [4.69, 9.17) is 4.74 Å².